The Kier molecular flexibility index (Phi) is 8.82. The van der Waals surface area contributed by atoms with Gasteiger partial charge in [-0.25, -0.2) is 0 Å². The van der Waals surface area contributed by atoms with Crippen molar-refractivity contribution in [1.29, 1.82) is 0 Å². The summed E-state index contributed by atoms with van der Waals surface area (Å²) in [5.74, 6) is -0.00498. The standard InChI is InChI=1S/C22H27ClN2O3/c1-3-4-14-24-22(27)17(2)25(15-18-10-6-5-7-11-18)21(26)16-28-20-13-9-8-12-19(20)23/h5-13,17H,3-4,14-16H2,1-2H3,(H,24,27)/t17-/m0/s1. The maximum Gasteiger partial charge on any atom is 0.261 e. The Hall–Kier alpha value is -2.53. The zero-order chi connectivity index (χ0) is 20.4. The van der Waals surface area contributed by atoms with Crippen LogP contribution in [0.4, 0.5) is 0 Å². The third kappa shape index (κ3) is 6.57. The number of rotatable bonds is 10. The Morgan fingerprint density at radius 2 is 1.79 bits per heavy atom. The van der Waals surface area contributed by atoms with E-state index in [1.54, 1.807) is 31.2 Å². The van der Waals surface area contributed by atoms with Crippen molar-refractivity contribution in [2.45, 2.75) is 39.3 Å². The van der Waals surface area contributed by atoms with Gasteiger partial charge in [0.15, 0.2) is 6.61 Å². The van der Waals surface area contributed by atoms with Gasteiger partial charge in [0.05, 0.1) is 5.02 Å². The van der Waals surface area contributed by atoms with Gasteiger partial charge in [-0.1, -0.05) is 67.4 Å². The highest BCUT2D eigenvalue weighted by molar-refractivity contribution is 6.32. The van der Waals surface area contributed by atoms with Crippen molar-refractivity contribution in [3.63, 3.8) is 0 Å². The summed E-state index contributed by atoms with van der Waals surface area (Å²) in [6.07, 6.45) is 1.90. The van der Waals surface area contributed by atoms with Gasteiger partial charge in [-0.15, -0.1) is 0 Å². The topological polar surface area (TPSA) is 58.6 Å². The predicted molar refractivity (Wildman–Crippen MR) is 111 cm³/mol. The van der Waals surface area contributed by atoms with E-state index in [9.17, 15) is 9.59 Å². The second-order valence-corrected chi connectivity index (χ2v) is 6.95. The Morgan fingerprint density at radius 3 is 2.46 bits per heavy atom. The highest BCUT2D eigenvalue weighted by Gasteiger charge is 2.26. The zero-order valence-electron chi connectivity index (χ0n) is 16.4. The molecule has 0 radical (unpaired) electrons. The fourth-order valence-corrected chi connectivity index (χ4v) is 2.87. The second kappa shape index (κ2) is 11.3. The summed E-state index contributed by atoms with van der Waals surface area (Å²) in [7, 11) is 0. The first-order chi connectivity index (χ1) is 13.5. The van der Waals surface area contributed by atoms with Crippen LogP contribution >= 0.6 is 11.6 Å². The molecular weight excluding hydrogens is 376 g/mol. The number of benzene rings is 2. The van der Waals surface area contributed by atoms with Crippen LogP contribution < -0.4 is 10.1 Å². The van der Waals surface area contributed by atoms with Crippen LogP contribution in [0.15, 0.2) is 54.6 Å². The van der Waals surface area contributed by atoms with Crippen molar-refractivity contribution in [2.24, 2.45) is 0 Å². The Labute approximate surface area is 171 Å². The number of para-hydroxylation sites is 1. The first-order valence-corrected chi connectivity index (χ1v) is 9.89. The molecule has 0 aliphatic rings. The SMILES string of the molecule is CCCCNC(=O)[C@H](C)N(Cc1ccccc1)C(=O)COc1ccccc1Cl. The second-order valence-electron chi connectivity index (χ2n) is 6.55. The molecule has 2 aromatic carbocycles. The van der Waals surface area contributed by atoms with Crippen molar-refractivity contribution < 1.29 is 14.3 Å². The van der Waals surface area contributed by atoms with E-state index in [4.69, 9.17) is 16.3 Å². The number of nitrogens with one attached hydrogen (secondary N) is 1. The summed E-state index contributed by atoms with van der Waals surface area (Å²) in [6, 6.07) is 16.0. The van der Waals surface area contributed by atoms with Crippen molar-refractivity contribution in [3.05, 3.63) is 65.2 Å². The van der Waals surface area contributed by atoms with Gasteiger partial charge in [-0.2, -0.15) is 0 Å². The third-order valence-electron chi connectivity index (χ3n) is 4.38. The maximum absolute atomic E-state index is 12.9. The van der Waals surface area contributed by atoms with Crippen LogP contribution in [0.25, 0.3) is 0 Å². The number of carbonyl (C=O) groups is 2. The molecule has 0 saturated heterocycles. The fraction of sp³-hybridized carbons (Fsp3) is 0.364. The minimum atomic E-state index is -0.612. The first kappa shape index (κ1) is 21.8. The molecule has 1 atom stereocenters. The molecule has 0 bridgehead atoms. The third-order valence-corrected chi connectivity index (χ3v) is 4.69. The highest BCUT2D eigenvalue weighted by Crippen LogP contribution is 2.23. The molecule has 0 aliphatic heterocycles. The number of halogens is 1. The minimum absolute atomic E-state index is 0.171. The van der Waals surface area contributed by atoms with Crippen molar-refractivity contribution in [1.82, 2.24) is 10.2 Å². The largest absolute Gasteiger partial charge is 0.482 e. The van der Waals surface area contributed by atoms with E-state index in [1.807, 2.05) is 30.3 Å². The lowest BCUT2D eigenvalue weighted by Crippen LogP contribution is -2.49. The quantitative estimate of drug-likeness (QED) is 0.610. The molecule has 28 heavy (non-hydrogen) atoms. The van der Waals surface area contributed by atoms with E-state index in [0.717, 1.165) is 18.4 Å². The zero-order valence-corrected chi connectivity index (χ0v) is 17.1. The monoisotopic (exact) mass is 402 g/mol. The maximum atomic E-state index is 12.9. The smallest absolute Gasteiger partial charge is 0.261 e. The molecular formula is C22H27ClN2O3. The van der Waals surface area contributed by atoms with E-state index >= 15 is 0 Å². The van der Waals surface area contributed by atoms with Crippen molar-refractivity contribution >= 4 is 23.4 Å². The number of amides is 2. The lowest BCUT2D eigenvalue weighted by Gasteiger charge is -2.28. The molecule has 0 saturated carbocycles. The average molecular weight is 403 g/mol. The van der Waals surface area contributed by atoms with E-state index < -0.39 is 6.04 Å². The lowest BCUT2D eigenvalue weighted by atomic mass is 10.1. The molecule has 0 spiro atoms. The summed E-state index contributed by atoms with van der Waals surface area (Å²) in [4.78, 5) is 26.9. The molecule has 1 N–H and O–H groups in total. The molecule has 0 aromatic heterocycles. The van der Waals surface area contributed by atoms with Gasteiger partial charge in [0.2, 0.25) is 5.91 Å². The minimum Gasteiger partial charge on any atom is -0.482 e. The first-order valence-electron chi connectivity index (χ1n) is 9.51. The molecule has 2 amide bonds. The van der Waals surface area contributed by atoms with Gasteiger partial charge in [-0.05, 0) is 31.0 Å². The summed E-state index contributed by atoms with van der Waals surface area (Å²) >= 11 is 6.09. The van der Waals surface area contributed by atoms with Gasteiger partial charge in [0.25, 0.3) is 5.91 Å². The van der Waals surface area contributed by atoms with Gasteiger partial charge in [0, 0.05) is 13.1 Å². The van der Waals surface area contributed by atoms with Crippen LogP contribution in [0.1, 0.15) is 32.3 Å². The van der Waals surface area contributed by atoms with Crippen LogP contribution in [-0.2, 0) is 16.1 Å². The molecule has 0 fully saturated rings. The summed E-state index contributed by atoms with van der Waals surface area (Å²) in [5.41, 5.74) is 0.946. The fourth-order valence-electron chi connectivity index (χ4n) is 2.68. The van der Waals surface area contributed by atoms with Crippen LogP contribution in [0.3, 0.4) is 0 Å². The molecule has 2 aromatic rings. The summed E-state index contributed by atoms with van der Waals surface area (Å²) < 4.78 is 5.59. The normalized spacial score (nSPS) is 11.5. The van der Waals surface area contributed by atoms with Gasteiger partial charge < -0.3 is 15.0 Å². The lowest BCUT2D eigenvalue weighted by molar-refractivity contribution is -0.142. The Bertz CT molecular complexity index is 767. The van der Waals surface area contributed by atoms with Crippen LogP contribution in [0.2, 0.25) is 5.02 Å². The average Bonchev–Trinajstić information content (AvgIpc) is 2.71. The van der Waals surface area contributed by atoms with Gasteiger partial charge in [0.1, 0.15) is 11.8 Å². The number of hydrogen-bond acceptors (Lipinski definition) is 3. The van der Waals surface area contributed by atoms with E-state index in [2.05, 4.69) is 12.2 Å². The Balaban J connectivity index is 2.08. The van der Waals surface area contributed by atoms with Crippen LogP contribution in [0.5, 0.6) is 5.75 Å². The van der Waals surface area contributed by atoms with Crippen LogP contribution in [0, 0.1) is 0 Å². The molecule has 0 aliphatic carbocycles. The summed E-state index contributed by atoms with van der Waals surface area (Å²) in [6.45, 7) is 4.53. The molecule has 2 rings (SSSR count). The molecule has 0 heterocycles. The number of nitrogens with zero attached hydrogens (tertiary/aromatic N) is 1. The van der Waals surface area contributed by atoms with Gasteiger partial charge in [-0.3, -0.25) is 9.59 Å². The van der Waals surface area contributed by atoms with Crippen molar-refractivity contribution in [2.75, 3.05) is 13.2 Å². The predicted octanol–water partition coefficient (Wildman–Crippen LogP) is 4.05. The van der Waals surface area contributed by atoms with Crippen molar-refractivity contribution in [3.8, 4) is 5.75 Å². The number of hydrogen-bond donors (Lipinski definition) is 1. The van der Waals surface area contributed by atoms with E-state index in [1.165, 1.54) is 4.90 Å². The van der Waals surface area contributed by atoms with E-state index in [0.29, 0.717) is 23.9 Å². The Morgan fingerprint density at radius 1 is 1.11 bits per heavy atom. The highest BCUT2D eigenvalue weighted by atomic mass is 35.5. The molecule has 5 nitrogen and oxygen atoms in total. The number of carbonyl (C=O) groups excluding carboxylic acids is 2. The number of unbranched alkanes of at least 4 members (excludes halogenated alkanes) is 1. The van der Waals surface area contributed by atoms with Crippen LogP contribution in [-0.4, -0.2) is 35.9 Å². The van der Waals surface area contributed by atoms with Gasteiger partial charge >= 0.3 is 0 Å². The molecule has 6 heteroatoms. The summed E-state index contributed by atoms with van der Waals surface area (Å²) in [5, 5.41) is 3.33. The van der Waals surface area contributed by atoms with E-state index in [-0.39, 0.29) is 18.4 Å². The number of ether oxygens (including phenoxy) is 1. The molecule has 150 valence electrons. The molecule has 0 unspecified atom stereocenters.